The lowest BCUT2D eigenvalue weighted by Crippen LogP contribution is -2.44. The van der Waals surface area contributed by atoms with Crippen molar-refractivity contribution < 1.29 is 19.0 Å². The molecule has 0 saturated carbocycles. The van der Waals surface area contributed by atoms with Gasteiger partial charge >= 0.3 is 6.09 Å². The molecular weight excluding hydrogens is 511 g/mol. The molecule has 2 N–H and O–H groups in total. The Morgan fingerprint density at radius 2 is 1.97 bits per heavy atom. The fourth-order valence-electron chi connectivity index (χ4n) is 3.75. The number of hydrogen-bond donors (Lipinski definition) is 2. The number of carbonyl (C=O) groups excluding carboxylic acids is 1. The number of carbonyl (C=O) groups is 1. The average molecular weight is 555 g/mol. The topological polar surface area (TPSA) is 84.4 Å². The van der Waals surface area contributed by atoms with Crippen LogP contribution in [-0.2, 0) is 14.2 Å². The van der Waals surface area contributed by atoms with Gasteiger partial charge in [-0.05, 0) is 58.8 Å². The van der Waals surface area contributed by atoms with Crippen LogP contribution < -0.4 is 10.6 Å². The predicted molar refractivity (Wildman–Crippen MR) is 134 cm³/mol. The van der Waals surface area contributed by atoms with Crippen molar-refractivity contribution in [2.24, 2.45) is 16.8 Å². The first-order valence-corrected chi connectivity index (χ1v) is 11.5. The third kappa shape index (κ3) is 12.1. The van der Waals surface area contributed by atoms with Gasteiger partial charge in [0.2, 0.25) is 0 Å². The molecule has 2 aliphatic rings. The molecular formula is C22H43IN4O4. The molecule has 9 heteroatoms. The van der Waals surface area contributed by atoms with E-state index in [1.54, 1.807) is 7.05 Å². The van der Waals surface area contributed by atoms with Crippen LogP contribution in [0.5, 0.6) is 0 Å². The number of halogens is 1. The number of ether oxygens (including phenoxy) is 3. The molecule has 2 fully saturated rings. The molecule has 2 unspecified atom stereocenters. The number of hydrogen-bond acceptors (Lipinski definition) is 5. The van der Waals surface area contributed by atoms with Gasteiger partial charge in [0.15, 0.2) is 5.96 Å². The Labute approximate surface area is 205 Å². The van der Waals surface area contributed by atoms with Crippen molar-refractivity contribution >= 4 is 36.0 Å². The van der Waals surface area contributed by atoms with E-state index in [4.69, 9.17) is 14.2 Å². The molecule has 0 aromatic carbocycles. The van der Waals surface area contributed by atoms with Gasteiger partial charge < -0.3 is 29.7 Å². The summed E-state index contributed by atoms with van der Waals surface area (Å²) in [5.41, 5.74) is -0.445. The zero-order valence-electron chi connectivity index (χ0n) is 19.8. The maximum atomic E-state index is 12.3. The Kier molecular flexibility index (Phi) is 13.8. The molecule has 2 rings (SSSR count). The summed E-state index contributed by atoms with van der Waals surface area (Å²) >= 11 is 0. The molecule has 182 valence electrons. The quantitative estimate of drug-likeness (QED) is 0.197. The summed E-state index contributed by atoms with van der Waals surface area (Å²) < 4.78 is 16.6. The van der Waals surface area contributed by atoms with Crippen molar-refractivity contribution in [2.45, 2.75) is 58.5 Å². The number of nitrogens with zero attached hydrogens (tertiary/aromatic N) is 2. The van der Waals surface area contributed by atoms with Gasteiger partial charge in [-0.15, -0.1) is 24.0 Å². The highest BCUT2D eigenvalue weighted by atomic mass is 127. The number of nitrogens with one attached hydrogen (secondary N) is 2. The highest BCUT2D eigenvalue weighted by Crippen LogP contribution is 2.21. The summed E-state index contributed by atoms with van der Waals surface area (Å²) in [6.07, 6.45) is 5.06. The molecule has 2 heterocycles. The molecule has 0 radical (unpaired) electrons. The van der Waals surface area contributed by atoms with E-state index in [1.165, 1.54) is 0 Å². The third-order valence-corrected chi connectivity index (χ3v) is 5.37. The predicted octanol–water partition coefficient (Wildman–Crippen LogP) is 3.25. The van der Waals surface area contributed by atoms with E-state index in [9.17, 15) is 4.79 Å². The second-order valence-corrected chi connectivity index (χ2v) is 9.31. The fraction of sp³-hybridized carbons (Fsp3) is 0.909. The molecule has 0 aliphatic carbocycles. The van der Waals surface area contributed by atoms with Crippen LogP contribution in [0.25, 0.3) is 0 Å². The average Bonchev–Trinajstić information content (AvgIpc) is 3.21. The van der Waals surface area contributed by atoms with Crippen molar-refractivity contribution in [1.82, 2.24) is 15.5 Å². The van der Waals surface area contributed by atoms with Gasteiger partial charge in [0.1, 0.15) is 5.60 Å². The van der Waals surface area contributed by atoms with Gasteiger partial charge in [-0.25, -0.2) is 4.79 Å². The Balaban J connectivity index is 0.00000480. The van der Waals surface area contributed by atoms with Crippen LogP contribution in [-0.4, -0.2) is 82.2 Å². The molecule has 0 bridgehead atoms. The Morgan fingerprint density at radius 3 is 2.65 bits per heavy atom. The minimum Gasteiger partial charge on any atom is -0.444 e. The Morgan fingerprint density at radius 1 is 1.19 bits per heavy atom. The maximum Gasteiger partial charge on any atom is 0.410 e. The second kappa shape index (κ2) is 15.1. The van der Waals surface area contributed by atoms with Crippen LogP contribution in [0.3, 0.4) is 0 Å². The summed E-state index contributed by atoms with van der Waals surface area (Å²) in [6.45, 7) is 12.2. The first kappa shape index (κ1) is 28.2. The number of likely N-dealkylation sites (tertiary alicyclic amines) is 1. The van der Waals surface area contributed by atoms with Crippen LogP contribution in [0, 0.1) is 11.8 Å². The Bertz CT molecular complexity index is 536. The van der Waals surface area contributed by atoms with Crippen LogP contribution in [0.15, 0.2) is 4.99 Å². The Hall–Kier alpha value is -0.810. The molecule has 2 saturated heterocycles. The van der Waals surface area contributed by atoms with Crippen molar-refractivity contribution in [3.8, 4) is 0 Å². The minimum atomic E-state index is -0.445. The van der Waals surface area contributed by atoms with Gasteiger partial charge in [-0.2, -0.15) is 0 Å². The highest BCUT2D eigenvalue weighted by Gasteiger charge is 2.27. The monoisotopic (exact) mass is 554 g/mol. The summed E-state index contributed by atoms with van der Waals surface area (Å²) in [4.78, 5) is 18.4. The summed E-state index contributed by atoms with van der Waals surface area (Å²) in [6, 6.07) is 0. The highest BCUT2D eigenvalue weighted by molar-refractivity contribution is 14.0. The smallest absolute Gasteiger partial charge is 0.410 e. The van der Waals surface area contributed by atoms with Crippen LogP contribution in [0.4, 0.5) is 4.79 Å². The summed E-state index contributed by atoms with van der Waals surface area (Å²) in [5, 5.41) is 6.72. The van der Waals surface area contributed by atoms with Crippen molar-refractivity contribution in [1.29, 1.82) is 0 Å². The van der Waals surface area contributed by atoms with E-state index in [0.29, 0.717) is 11.8 Å². The zero-order chi connectivity index (χ0) is 21.8. The molecule has 2 atom stereocenters. The molecule has 0 aromatic rings. The number of rotatable bonds is 9. The van der Waals surface area contributed by atoms with Gasteiger partial charge in [0.25, 0.3) is 0 Å². The second-order valence-electron chi connectivity index (χ2n) is 9.31. The van der Waals surface area contributed by atoms with Gasteiger partial charge in [-0.3, -0.25) is 4.99 Å². The van der Waals surface area contributed by atoms with Crippen molar-refractivity contribution in [3.05, 3.63) is 0 Å². The number of aliphatic imine (C=N–C) groups is 1. The van der Waals surface area contributed by atoms with Crippen LogP contribution in [0.1, 0.15) is 52.9 Å². The van der Waals surface area contributed by atoms with Crippen molar-refractivity contribution in [3.63, 3.8) is 0 Å². The van der Waals surface area contributed by atoms with Gasteiger partial charge in [-0.1, -0.05) is 0 Å². The molecule has 0 aromatic heterocycles. The van der Waals surface area contributed by atoms with Crippen LogP contribution >= 0.6 is 24.0 Å². The SMILES string of the molecule is CN=C(NCCCOCC1CCOC1)NCCC1CCCN(C(=O)OC(C)(C)C)C1.I. The first-order valence-electron chi connectivity index (χ1n) is 11.5. The third-order valence-electron chi connectivity index (χ3n) is 5.37. The lowest BCUT2D eigenvalue weighted by molar-refractivity contribution is 0.0162. The zero-order valence-corrected chi connectivity index (χ0v) is 22.1. The number of amides is 1. The van der Waals surface area contributed by atoms with Crippen molar-refractivity contribution in [2.75, 3.05) is 59.7 Å². The maximum absolute atomic E-state index is 12.3. The van der Waals surface area contributed by atoms with Crippen LogP contribution in [0.2, 0.25) is 0 Å². The van der Waals surface area contributed by atoms with E-state index >= 15 is 0 Å². The van der Waals surface area contributed by atoms with E-state index in [1.807, 2.05) is 25.7 Å². The summed E-state index contributed by atoms with van der Waals surface area (Å²) in [5.74, 6) is 1.88. The summed E-state index contributed by atoms with van der Waals surface area (Å²) in [7, 11) is 1.79. The largest absolute Gasteiger partial charge is 0.444 e. The molecule has 31 heavy (non-hydrogen) atoms. The molecule has 1 amide bonds. The van der Waals surface area contributed by atoms with E-state index in [0.717, 1.165) is 90.7 Å². The molecule has 2 aliphatic heterocycles. The number of guanidine groups is 1. The first-order chi connectivity index (χ1) is 14.4. The van der Waals surface area contributed by atoms with Gasteiger partial charge in [0, 0.05) is 52.4 Å². The molecule has 8 nitrogen and oxygen atoms in total. The van der Waals surface area contributed by atoms with E-state index in [-0.39, 0.29) is 30.1 Å². The normalized spacial score (nSPS) is 22.1. The number of piperidine rings is 1. The van der Waals surface area contributed by atoms with Gasteiger partial charge in [0.05, 0.1) is 13.2 Å². The fourth-order valence-corrected chi connectivity index (χ4v) is 3.75. The minimum absolute atomic E-state index is 0. The van der Waals surface area contributed by atoms with E-state index in [2.05, 4.69) is 15.6 Å². The lowest BCUT2D eigenvalue weighted by atomic mass is 9.95. The van der Waals surface area contributed by atoms with E-state index < -0.39 is 5.60 Å². The lowest BCUT2D eigenvalue weighted by Gasteiger charge is -2.34. The standard InChI is InChI=1S/C22H42N4O4.HI/c1-22(2,3)30-21(27)26-12-5-7-18(15-26)8-11-25-20(23-4)24-10-6-13-28-16-19-9-14-29-17-19;/h18-19H,5-17H2,1-4H3,(H2,23,24,25);1H. The molecule has 0 spiro atoms.